The topological polar surface area (TPSA) is 75.7 Å². The van der Waals surface area contributed by atoms with Gasteiger partial charge in [0, 0.05) is 18.7 Å². The van der Waals surface area contributed by atoms with E-state index in [1.165, 1.54) is 0 Å². The van der Waals surface area contributed by atoms with E-state index >= 15 is 0 Å². The molecule has 0 aliphatic carbocycles. The molecule has 3 rings (SSSR count). The number of ether oxygens (including phenoxy) is 1. The first-order valence-corrected chi connectivity index (χ1v) is 9.84. The zero-order chi connectivity index (χ0) is 20.8. The summed E-state index contributed by atoms with van der Waals surface area (Å²) in [5.74, 6) is -0.277. The third kappa shape index (κ3) is 5.44. The fourth-order valence-corrected chi connectivity index (χ4v) is 3.72. The summed E-state index contributed by atoms with van der Waals surface area (Å²) in [6.07, 6.45) is 1.10. The molecule has 0 saturated carbocycles. The van der Waals surface area contributed by atoms with Crippen molar-refractivity contribution in [1.29, 1.82) is 0 Å². The van der Waals surface area contributed by atoms with Crippen LogP contribution in [0.2, 0.25) is 0 Å². The lowest BCUT2D eigenvalue weighted by atomic mass is 9.92. The number of hydrogen-bond donors (Lipinski definition) is 1. The molecule has 2 amide bonds. The van der Waals surface area contributed by atoms with Crippen molar-refractivity contribution >= 4 is 23.5 Å². The highest BCUT2D eigenvalue weighted by molar-refractivity contribution is 6.08. The molecule has 1 saturated heterocycles. The lowest BCUT2D eigenvalue weighted by Gasteiger charge is -2.34. The maximum atomic E-state index is 12.6. The average Bonchev–Trinajstić information content (AvgIpc) is 2.72. The smallest absolute Gasteiger partial charge is 0.340 e. The molecular weight excluding hydrogens is 368 g/mol. The number of carbonyl (C=O) groups is 3. The third-order valence-corrected chi connectivity index (χ3v) is 4.98. The zero-order valence-electron chi connectivity index (χ0n) is 16.8. The van der Waals surface area contributed by atoms with Gasteiger partial charge >= 0.3 is 5.97 Å². The van der Waals surface area contributed by atoms with Gasteiger partial charge in [-0.05, 0) is 42.5 Å². The van der Waals surface area contributed by atoms with Crippen molar-refractivity contribution in [2.45, 2.75) is 20.3 Å². The Morgan fingerprint density at radius 2 is 1.59 bits per heavy atom. The maximum absolute atomic E-state index is 12.6. The van der Waals surface area contributed by atoms with Crippen molar-refractivity contribution in [3.05, 3.63) is 65.7 Å². The number of amides is 2. The molecule has 6 heteroatoms. The van der Waals surface area contributed by atoms with E-state index in [2.05, 4.69) is 19.2 Å². The van der Waals surface area contributed by atoms with Gasteiger partial charge in [0.15, 0.2) is 6.61 Å². The number of anilines is 1. The molecule has 29 heavy (non-hydrogen) atoms. The van der Waals surface area contributed by atoms with Crippen LogP contribution < -0.4 is 5.32 Å². The number of esters is 1. The van der Waals surface area contributed by atoms with E-state index in [0.29, 0.717) is 36.2 Å². The minimum Gasteiger partial charge on any atom is -0.452 e. The van der Waals surface area contributed by atoms with Crippen LogP contribution in [0.3, 0.4) is 0 Å². The van der Waals surface area contributed by atoms with Gasteiger partial charge in [-0.2, -0.15) is 0 Å². The van der Waals surface area contributed by atoms with E-state index < -0.39 is 5.97 Å². The van der Waals surface area contributed by atoms with Crippen LogP contribution in [0.5, 0.6) is 0 Å². The fraction of sp³-hybridized carbons (Fsp3) is 0.348. The van der Waals surface area contributed by atoms with Crippen LogP contribution in [0.1, 0.15) is 41.0 Å². The van der Waals surface area contributed by atoms with E-state index in [9.17, 15) is 14.4 Å². The van der Waals surface area contributed by atoms with Gasteiger partial charge in [0.05, 0.1) is 11.3 Å². The quantitative estimate of drug-likeness (QED) is 0.786. The van der Waals surface area contributed by atoms with Gasteiger partial charge < -0.3 is 15.0 Å². The molecule has 0 radical (unpaired) electrons. The van der Waals surface area contributed by atoms with Crippen LogP contribution in [0, 0.1) is 11.8 Å². The van der Waals surface area contributed by atoms with Crippen molar-refractivity contribution in [1.82, 2.24) is 4.90 Å². The highest BCUT2D eigenvalue weighted by atomic mass is 16.5. The lowest BCUT2D eigenvalue weighted by molar-refractivity contribution is -0.137. The number of likely N-dealkylation sites (tertiary alicyclic amines) is 1. The van der Waals surface area contributed by atoms with Gasteiger partial charge in [-0.15, -0.1) is 0 Å². The first-order valence-electron chi connectivity index (χ1n) is 9.84. The number of hydrogen-bond acceptors (Lipinski definition) is 4. The second-order valence-electron chi connectivity index (χ2n) is 7.69. The lowest BCUT2D eigenvalue weighted by Crippen LogP contribution is -2.44. The molecule has 1 N–H and O–H groups in total. The first-order chi connectivity index (χ1) is 13.9. The Hall–Kier alpha value is -3.15. The second kappa shape index (κ2) is 9.37. The van der Waals surface area contributed by atoms with E-state index in [-0.39, 0.29) is 24.0 Å². The van der Waals surface area contributed by atoms with Crippen molar-refractivity contribution in [2.24, 2.45) is 11.8 Å². The van der Waals surface area contributed by atoms with Gasteiger partial charge in [-0.25, -0.2) is 4.79 Å². The van der Waals surface area contributed by atoms with E-state index in [0.717, 1.165) is 6.42 Å². The molecule has 0 spiro atoms. The maximum Gasteiger partial charge on any atom is 0.340 e. The van der Waals surface area contributed by atoms with Crippen molar-refractivity contribution in [2.75, 3.05) is 25.0 Å². The molecule has 1 aliphatic rings. The summed E-state index contributed by atoms with van der Waals surface area (Å²) in [7, 11) is 0. The zero-order valence-corrected chi connectivity index (χ0v) is 16.8. The molecule has 6 nitrogen and oxygen atoms in total. The Kier molecular flexibility index (Phi) is 6.65. The minimum atomic E-state index is -0.639. The highest BCUT2D eigenvalue weighted by Gasteiger charge is 2.26. The molecule has 0 unspecified atom stereocenters. The summed E-state index contributed by atoms with van der Waals surface area (Å²) < 4.78 is 5.26. The molecule has 0 aromatic heterocycles. The van der Waals surface area contributed by atoms with Crippen LogP contribution in [0.4, 0.5) is 5.69 Å². The molecular formula is C23H26N2O4. The average molecular weight is 394 g/mol. The van der Waals surface area contributed by atoms with Crippen LogP contribution in [-0.4, -0.2) is 42.4 Å². The predicted octanol–water partition coefficient (Wildman–Crippen LogP) is 3.60. The van der Waals surface area contributed by atoms with Gasteiger partial charge in [0.1, 0.15) is 0 Å². The minimum absolute atomic E-state index is 0.192. The normalized spacial score (nSPS) is 18.8. The monoisotopic (exact) mass is 394 g/mol. The SMILES string of the molecule is C[C@@H]1C[C@H](C)CN(C(=O)COC(=O)c2ccccc2NC(=O)c2ccccc2)C1. The summed E-state index contributed by atoms with van der Waals surface area (Å²) in [6, 6.07) is 15.3. The molecule has 2 aromatic carbocycles. The number of nitrogens with one attached hydrogen (secondary N) is 1. The summed E-state index contributed by atoms with van der Waals surface area (Å²) in [5, 5.41) is 2.74. The third-order valence-electron chi connectivity index (χ3n) is 4.98. The summed E-state index contributed by atoms with van der Waals surface area (Å²) >= 11 is 0. The van der Waals surface area contributed by atoms with Crippen LogP contribution >= 0.6 is 0 Å². The first kappa shape index (κ1) is 20.6. The summed E-state index contributed by atoms with van der Waals surface area (Å²) in [5.41, 5.74) is 1.04. The van der Waals surface area contributed by atoms with Gasteiger partial charge in [0.25, 0.3) is 11.8 Å². The van der Waals surface area contributed by atoms with E-state index in [1.54, 1.807) is 53.4 Å². The largest absolute Gasteiger partial charge is 0.452 e. The molecule has 1 fully saturated rings. The number of rotatable bonds is 5. The van der Waals surface area contributed by atoms with Gasteiger partial charge in [-0.1, -0.05) is 44.2 Å². The Morgan fingerprint density at radius 3 is 2.28 bits per heavy atom. The number of piperidine rings is 1. The Morgan fingerprint density at radius 1 is 0.966 bits per heavy atom. The summed E-state index contributed by atoms with van der Waals surface area (Å²) in [4.78, 5) is 39.2. The molecule has 0 bridgehead atoms. The molecule has 2 atom stereocenters. The molecule has 1 heterocycles. The molecule has 2 aromatic rings. The Labute approximate surface area is 170 Å². The van der Waals surface area contributed by atoms with Crippen LogP contribution in [-0.2, 0) is 9.53 Å². The van der Waals surface area contributed by atoms with Crippen molar-refractivity contribution in [3.63, 3.8) is 0 Å². The summed E-state index contributed by atoms with van der Waals surface area (Å²) in [6.45, 7) is 5.30. The highest BCUT2D eigenvalue weighted by Crippen LogP contribution is 2.21. The van der Waals surface area contributed by atoms with Gasteiger partial charge in [-0.3, -0.25) is 9.59 Å². The predicted molar refractivity (Wildman–Crippen MR) is 111 cm³/mol. The molecule has 152 valence electrons. The van der Waals surface area contributed by atoms with E-state index in [4.69, 9.17) is 4.74 Å². The van der Waals surface area contributed by atoms with Gasteiger partial charge in [0.2, 0.25) is 0 Å². The number of benzene rings is 2. The fourth-order valence-electron chi connectivity index (χ4n) is 3.72. The van der Waals surface area contributed by atoms with Crippen LogP contribution in [0.25, 0.3) is 0 Å². The van der Waals surface area contributed by atoms with Crippen LogP contribution in [0.15, 0.2) is 54.6 Å². The number of para-hydroxylation sites is 1. The Bertz CT molecular complexity index is 871. The standard InChI is InChI=1S/C23H26N2O4/c1-16-12-17(2)14-25(13-16)21(26)15-29-23(28)19-10-6-7-11-20(19)24-22(27)18-8-4-3-5-9-18/h3-11,16-17H,12-15H2,1-2H3,(H,24,27)/t16-,17+. The second-order valence-corrected chi connectivity index (χ2v) is 7.69. The van der Waals surface area contributed by atoms with E-state index in [1.807, 2.05) is 6.07 Å². The Balaban J connectivity index is 1.62. The van der Waals surface area contributed by atoms with Crippen molar-refractivity contribution < 1.29 is 19.1 Å². The number of nitrogens with zero attached hydrogens (tertiary/aromatic N) is 1. The molecule has 1 aliphatic heterocycles. The van der Waals surface area contributed by atoms with Crippen molar-refractivity contribution in [3.8, 4) is 0 Å². The number of carbonyl (C=O) groups excluding carboxylic acids is 3.